The molecule has 0 aliphatic carbocycles. The first kappa shape index (κ1) is 8.37. The summed E-state index contributed by atoms with van der Waals surface area (Å²) in [4.78, 5) is 10.8. The van der Waals surface area contributed by atoms with Gasteiger partial charge in [0.2, 0.25) is 0 Å². The zero-order chi connectivity index (χ0) is 8.48. The maximum absolute atomic E-state index is 10.8. The second-order valence-electron chi connectivity index (χ2n) is 3.58. The summed E-state index contributed by atoms with van der Waals surface area (Å²) in [5, 5.41) is 2.83. The molecule has 1 heterocycles. The summed E-state index contributed by atoms with van der Waals surface area (Å²) in [5.41, 5.74) is -0.0741. The van der Waals surface area contributed by atoms with Gasteiger partial charge in [0.15, 0.2) is 0 Å². The van der Waals surface area contributed by atoms with E-state index in [0.29, 0.717) is 12.5 Å². The molecule has 64 valence electrons. The minimum Gasteiger partial charge on any atom is -0.449 e. The number of cyclic esters (lactones) is 1. The standard InChI is InChI=1S/C8H15NO2/c1-6(2)8(3)4-5-11-7(10)9-8/h6H,4-5H2,1-3H3,(H,9,10). The molecule has 1 saturated heterocycles. The summed E-state index contributed by atoms with van der Waals surface area (Å²) >= 11 is 0. The smallest absolute Gasteiger partial charge is 0.407 e. The first-order valence-corrected chi connectivity index (χ1v) is 3.99. The number of rotatable bonds is 1. The summed E-state index contributed by atoms with van der Waals surface area (Å²) in [5.74, 6) is 0.454. The summed E-state index contributed by atoms with van der Waals surface area (Å²) in [6.45, 7) is 6.80. The fourth-order valence-electron chi connectivity index (χ4n) is 1.12. The quantitative estimate of drug-likeness (QED) is 0.627. The van der Waals surface area contributed by atoms with Crippen LogP contribution in [0.3, 0.4) is 0 Å². The number of carbonyl (C=O) groups is 1. The van der Waals surface area contributed by atoms with E-state index in [-0.39, 0.29) is 11.6 Å². The SMILES string of the molecule is CC(C)C1(C)CCOC(=O)N1. The average molecular weight is 157 g/mol. The van der Waals surface area contributed by atoms with Crippen LogP contribution in [-0.4, -0.2) is 18.2 Å². The molecule has 0 bridgehead atoms. The molecule has 0 saturated carbocycles. The van der Waals surface area contributed by atoms with Gasteiger partial charge < -0.3 is 10.1 Å². The molecule has 0 radical (unpaired) electrons. The van der Waals surface area contributed by atoms with Gasteiger partial charge in [0.25, 0.3) is 0 Å². The first-order chi connectivity index (χ1) is 5.04. The lowest BCUT2D eigenvalue weighted by Gasteiger charge is -2.37. The highest BCUT2D eigenvalue weighted by molar-refractivity contribution is 5.69. The first-order valence-electron chi connectivity index (χ1n) is 3.99. The zero-order valence-electron chi connectivity index (χ0n) is 7.31. The number of nitrogens with one attached hydrogen (secondary N) is 1. The van der Waals surface area contributed by atoms with E-state index in [9.17, 15) is 4.79 Å². The fourth-order valence-corrected chi connectivity index (χ4v) is 1.12. The number of hydrogen-bond acceptors (Lipinski definition) is 2. The summed E-state index contributed by atoms with van der Waals surface area (Å²) < 4.78 is 4.77. The lowest BCUT2D eigenvalue weighted by atomic mass is 9.85. The van der Waals surface area contributed by atoms with Crippen LogP contribution in [0.2, 0.25) is 0 Å². The van der Waals surface area contributed by atoms with Crippen LogP contribution in [0.5, 0.6) is 0 Å². The maximum atomic E-state index is 10.8. The van der Waals surface area contributed by atoms with Crippen LogP contribution in [0.25, 0.3) is 0 Å². The van der Waals surface area contributed by atoms with Crippen molar-refractivity contribution in [2.24, 2.45) is 5.92 Å². The monoisotopic (exact) mass is 157 g/mol. The largest absolute Gasteiger partial charge is 0.449 e. The van der Waals surface area contributed by atoms with Crippen molar-refractivity contribution in [2.45, 2.75) is 32.7 Å². The highest BCUT2D eigenvalue weighted by Crippen LogP contribution is 2.23. The van der Waals surface area contributed by atoms with Crippen molar-refractivity contribution in [3.63, 3.8) is 0 Å². The molecule has 1 N–H and O–H groups in total. The van der Waals surface area contributed by atoms with Crippen molar-refractivity contribution in [3.05, 3.63) is 0 Å². The molecule has 1 fully saturated rings. The second-order valence-corrected chi connectivity index (χ2v) is 3.58. The highest BCUT2D eigenvalue weighted by Gasteiger charge is 2.33. The molecule has 11 heavy (non-hydrogen) atoms. The van der Waals surface area contributed by atoms with Gasteiger partial charge in [-0.3, -0.25) is 0 Å². The topological polar surface area (TPSA) is 38.3 Å². The van der Waals surface area contributed by atoms with Gasteiger partial charge >= 0.3 is 6.09 Å². The van der Waals surface area contributed by atoms with E-state index in [1.54, 1.807) is 0 Å². The van der Waals surface area contributed by atoms with E-state index in [2.05, 4.69) is 26.1 Å². The third-order valence-corrected chi connectivity index (χ3v) is 2.52. The molecular formula is C8H15NO2. The minimum absolute atomic E-state index is 0.0741. The van der Waals surface area contributed by atoms with Gasteiger partial charge in [0, 0.05) is 12.0 Å². The Kier molecular flexibility index (Phi) is 2.07. The van der Waals surface area contributed by atoms with E-state index < -0.39 is 0 Å². The van der Waals surface area contributed by atoms with Crippen LogP contribution < -0.4 is 5.32 Å². The van der Waals surface area contributed by atoms with Gasteiger partial charge in [0.1, 0.15) is 0 Å². The Morgan fingerprint density at radius 1 is 1.64 bits per heavy atom. The molecule has 0 aromatic heterocycles. The average Bonchev–Trinajstić information content (AvgIpc) is 1.86. The Hall–Kier alpha value is -0.730. The van der Waals surface area contributed by atoms with Crippen LogP contribution in [0.4, 0.5) is 4.79 Å². The Balaban J connectivity index is 2.62. The Bertz CT molecular complexity index is 167. The predicted octanol–water partition coefficient (Wildman–Crippen LogP) is 1.53. The summed E-state index contributed by atoms with van der Waals surface area (Å²) in [6.07, 6.45) is 0.614. The maximum Gasteiger partial charge on any atom is 0.407 e. The van der Waals surface area contributed by atoms with Gasteiger partial charge in [-0.1, -0.05) is 13.8 Å². The van der Waals surface area contributed by atoms with Crippen molar-refractivity contribution in [1.82, 2.24) is 5.32 Å². The van der Waals surface area contributed by atoms with Crippen LogP contribution in [0.1, 0.15) is 27.2 Å². The molecule has 0 aromatic rings. The van der Waals surface area contributed by atoms with Crippen LogP contribution in [0, 0.1) is 5.92 Å². The summed E-state index contributed by atoms with van der Waals surface area (Å²) in [6, 6.07) is 0. The number of amides is 1. The van der Waals surface area contributed by atoms with E-state index >= 15 is 0 Å². The molecule has 1 unspecified atom stereocenters. The normalized spacial score (nSPS) is 31.5. The third-order valence-electron chi connectivity index (χ3n) is 2.52. The number of ether oxygens (including phenoxy) is 1. The third kappa shape index (κ3) is 1.64. The lowest BCUT2D eigenvalue weighted by molar-refractivity contribution is 0.0762. The predicted molar refractivity (Wildman–Crippen MR) is 42.3 cm³/mol. The molecule has 0 spiro atoms. The van der Waals surface area contributed by atoms with Crippen molar-refractivity contribution in [3.8, 4) is 0 Å². The van der Waals surface area contributed by atoms with E-state index in [4.69, 9.17) is 4.74 Å². The Labute approximate surface area is 67.1 Å². The van der Waals surface area contributed by atoms with Crippen LogP contribution >= 0.6 is 0 Å². The molecule has 1 aliphatic heterocycles. The zero-order valence-corrected chi connectivity index (χ0v) is 7.31. The molecule has 1 amide bonds. The van der Waals surface area contributed by atoms with E-state index in [0.717, 1.165) is 6.42 Å². The van der Waals surface area contributed by atoms with Gasteiger partial charge in [-0.15, -0.1) is 0 Å². The summed E-state index contributed by atoms with van der Waals surface area (Å²) in [7, 11) is 0. The highest BCUT2D eigenvalue weighted by atomic mass is 16.6. The van der Waals surface area contributed by atoms with Gasteiger partial charge in [-0.25, -0.2) is 4.79 Å². The molecular weight excluding hydrogens is 142 g/mol. The van der Waals surface area contributed by atoms with Gasteiger partial charge in [0.05, 0.1) is 6.61 Å². The van der Waals surface area contributed by atoms with E-state index in [1.807, 2.05) is 0 Å². The van der Waals surface area contributed by atoms with Crippen molar-refractivity contribution in [2.75, 3.05) is 6.61 Å². The van der Waals surface area contributed by atoms with Crippen LogP contribution in [-0.2, 0) is 4.74 Å². The number of alkyl carbamates (subject to hydrolysis) is 1. The molecule has 3 heteroatoms. The van der Waals surface area contributed by atoms with Crippen molar-refractivity contribution >= 4 is 6.09 Å². The van der Waals surface area contributed by atoms with Crippen molar-refractivity contribution in [1.29, 1.82) is 0 Å². The molecule has 3 nitrogen and oxygen atoms in total. The van der Waals surface area contributed by atoms with Gasteiger partial charge in [-0.2, -0.15) is 0 Å². The molecule has 0 aromatic carbocycles. The second kappa shape index (κ2) is 2.72. The van der Waals surface area contributed by atoms with Crippen LogP contribution in [0.15, 0.2) is 0 Å². The Morgan fingerprint density at radius 2 is 2.27 bits per heavy atom. The Morgan fingerprint density at radius 3 is 2.64 bits per heavy atom. The molecule has 1 aliphatic rings. The fraction of sp³-hybridized carbons (Fsp3) is 0.875. The van der Waals surface area contributed by atoms with E-state index in [1.165, 1.54) is 0 Å². The number of carbonyl (C=O) groups excluding carboxylic acids is 1. The molecule has 1 atom stereocenters. The minimum atomic E-state index is -0.285. The number of hydrogen-bond donors (Lipinski definition) is 1. The van der Waals surface area contributed by atoms with Gasteiger partial charge in [-0.05, 0) is 12.8 Å². The molecule has 1 rings (SSSR count). The van der Waals surface area contributed by atoms with Crippen molar-refractivity contribution < 1.29 is 9.53 Å². The lowest BCUT2D eigenvalue weighted by Crippen LogP contribution is -2.54.